The maximum atomic E-state index is 13.6. The molecule has 2 fully saturated rings. The standard InChI is InChI=1S/C39H53N11O3/c1-39(2,3)34(40)24-35(42-28-25-41-49(26-28)20-19-47-16-9-22-52-23-21-47)44-37(51)43-32-13-14-33(31-11-6-5-10-30(31)32)53-29-12-15-36-45-46-38(50(36)27-29)48-17-7-4-8-18-48/h5-6,10-12,15,24-27,32-33,40,42H,4,7-9,13-14,16-23H2,1-3H3,(H2,43,44,51)/b35-24+,40-34?/t32-,33+/m0/s1. The molecule has 0 saturated carbocycles. The molecule has 2 atom stereocenters. The van der Waals surface area contributed by atoms with Gasteiger partial charge in [-0.3, -0.25) is 19.3 Å². The summed E-state index contributed by atoms with van der Waals surface area (Å²) in [5.41, 5.74) is 3.58. The molecule has 53 heavy (non-hydrogen) atoms. The van der Waals surface area contributed by atoms with Crippen LogP contribution >= 0.6 is 0 Å². The first-order valence-corrected chi connectivity index (χ1v) is 19.0. The third-order valence-electron chi connectivity index (χ3n) is 10.2. The minimum atomic E-state index is -0.405. The van der Waals surface area contributed by atoms with Gasteiger partial charge < -0.3 is 30.4 Å². The predicted octanol–water partition coefficient (Wildman–Crippen LogP) is 5.91. The van der Waals surface area contributed by atoms with Gasteiger partial charge in [0.1, 0.15) is 17.7 Å². The Bertz CT molecular complexity index is 1900. The molecule has 14 heteroatoms. The molecule has 3 aromatic heterocycles. The molecule has 2 aliphatic heterocycles. The highest BCUT2D eigenvalue weighted by atomic mass is 16.5. The van der Waals surface area contributed by atoms with Crippen LogP contribution in [0.15, 0.2) is 66.9 Å². The van der Waals surface area contributed by atoms with E-state index in [0.29, 0.717) is 18.0 Å². The third-order valence-corrected chi connectivity index (χ3v) is 10.2. The number of urea groups is 1. The summed E-state index contributed by atoms with van der Waals surface area (Å²) in [6.07, 6.45) is 13.2. The van der Waals surface area contributed by atoms with Gasteiger partial charge in [0, 0.05) is 62.7 Å². The lowest BCUT2D eigenvalue weighted by molar-refractivity contribution is 0.140. The van der Waals surface area contributed by atoms with Crippen LogP contribution in [0, 0.1) is 10.8 Å². The highest BCUT2D eigenvalue weighted by Crippen LogP contribution is 2.39. The summed E-state index contributed by atoms with van der Waals surface area (Å²) < 4.78 is 16.1. The minimum Gasteiger partial charge on any atom is -0.484 e. The molecular formula is C39H53N11O3. The van der Waals surface area contributed by atoms with Crippen molar-refractivity contribution >= 4 is 29.0 Å². The monoisotopic (exact) mass is 723 g/mol. The van der Waals surface area contributed by atoms with Gasteiger partial charge >= 0.3 is 6.03 Å². The van der Waals surface area contributed by atoms with Gasteiger partial charge in [0.2, 0.25) is 5.95 Å². The highest BCUT2D eigenvalue weighted by Gasteiger charge is 2.30. The van der Waals surface area contributed by atoms with Gasteiger partial charge in [-0.05, 0) is 61.8 Å². The fourth-order valence-electron chi connectivity index (χ4n) is 7.18. The van der Waals surface area contributed by atoms with Crippen molar-refractivity contribution < 1.29 is 14.3 Å². The van der Waals surface area contributed by atoms with Crippen molar-refractivity contribution in [2.45, 2.75) is 78.0 Å². The van der Waals surface area contributed by atoms with Crippen LogP contribution in [0.3, 0.4) is 0 Å². The zero-order chi connectivity index (χ0) is 36.8. The van der Waals surface area contributed by atoms with Gasteiger partial charge in [-0.25, -0.2) is 4.79 Å². The number of fused-ring (bicyclic) bond motifs is 2. The smallest absolute Gasteiger partial charge is 0.320 e. The first-order chi connectivity index (χ1) is 25.7. The number of carbonyl (C=O) groups excluding carboxylic acids is 1. The van der Waals surface area contributed by atoms with Crippen LogP contribution in [0.1, 0.15) is 82.6 Å². The van der Waals surface area contributed by atoms with E-state index in [1.54, 1.807) is 12.3 Å². The molecule has 2 saturated heterocycles. The van der Waals surface area contributed by atoms with Crippen molar-refractivity contribution in [2.24, 2.45) is 5.41 Å². The highest BCUT2D eigenvalue weighted by molar-refractivity contribution is 5.97. The number of allylic oxidation sites excluding steroid dienone is 1. The van der Waals surface area contributed by atoms with Crippen LogP contribution in [0.25, 0.3) is 5.65 Å². The number of piperidine rings is 1. The van der Waals surface area contributed by atoms with Gasteiger partial charge in [-0.15, -0.1) is 10.2 Å². The van der Waals surface area contributed by atoms with E-state index in [4.69, 9.17) is 14.9 Å². The Morgan fingerprint density at radius 3 is 2.62 bits per heavy atom. The van der Waals surface area contributed by atoms with Crippen molar-refractivity contribution in [3.05, 3.63) is 78.0 Å². The number of benzene rings is 1. The number of anilines is 2. The van der Waals surface area contributed by atoms with Gasteiger partial charge in [-0.1, -0.05) is 45.0 Å². The summed E-state index contributed by atoms with van der Waals surface area (Å²) in [4.78, 5) is 18.3. The summed E-state index contributed by atoms with van der Waals surface area (Å²) >= 11 is 0. The average Bonchev–Trinajstić information content (AvgIpc) is 3.69. The number of ether oxygens (including phenoxy) is 2. The quantitative estimate of drug-likeness (QED) is 0.139. The van der Waals surface area contributed by atoms with Crippen LogP contribution in [0.4, 0.5) is 16.4 Å². The Balaban J connectivity index is 1.01. The van der Waals surface area contributed by atoms with Crippen molar-refractivity contribution in [1.29, 1.82) is 5.41 Å². The van der Waals surface area contributed by atoms with Crippen LogP contribution in [0.5, 0.6) is 5.75 Å². The van der Waals surface area contributed by atoms with E-state index in [2.05, 4.69) is 53.2 Å². The average molecular weight is 724 g/mol. The molecule has 0 bridgehead atoms. The van der Waals surface area contributed by atoms with Gasteiger partial charge in [-0.2, -0.15) is 5.10 Å². The number of amides is 2. The normalized spacial score (nSPS) is 20.1. The maximum Gasteiger partial charge on any atom is 0.320 e. The molecule has 3 aliphatic rings. The second-order valence-corrected chi connectivity index (χ2v) is 15.3. The number of carbonyl (C=O) groups is 1. The number of rotatable bonds is 11. The Morgan fingerprint density at radius 2 is 1.79 bits per heavy atom. The van der Waals surface area contributed by atoms with E-state index in [0.717, 1.165) is 112 Å². The zero-order valence-corrected chi connectivity index (χ0v) is 31.2. The summed E-state index contributed by atoms with van der Waals surface area (Å²) in [5, 5.41) is 31.6. The van der Waals surface area contributed by atoms with Gasteiger partial charge in [0.05, 0.1) is 37.3 Å². The molecule has 0 radical (unpaired) electrons. The van der Waals surface area contributed by atoms with E-state index in [9.17, 15) is 4.79 Å². The molecule has 282 valence electrons. The van der Waals surface area contributed by atoms with E-state index < -0.39 is 5.41 Å². The SMILES string of the molecule is CC(C)(C)C(=N)/C=C(/NC(=O)N[C@H]1CC[C@@H](Oc2ccc3nnc(N4CCCCC4)n3c2)c2ccccc21)Nc1cnn(CCN2CCCOCC2)c1. The predicted molar refractivity (Wildman–Crippen MR) is 205 cm³/mol. The molecule has 0 spiro atoms. The molecule has 14 nitrogen and oxygen atoms in total. The van der Waals surface area contributed by atoms with Crippen molar-refractivity contribution in [2.75, 3.05) is 56.2 Å². The molecule has 4 N–H and O–H groups in total. The molecule has 1 aliphatic carbocycles. The minimum absolute atomic E-state index is 0.173. The fourth-order valence-corrected chi connectivity index (χ4v) is 7.18. The van der Waals surface area contributed by atoms with E-state index >= 15 is 0 Å². The lowest BCUT2D eigenvalue weighted by Gasteiger charge is -2.32. The number of nitrogens with zero attached hydrogens (tertiary/aromatic N) is 7. The Hall–Kier alpha value is -4.95. The lowest BCUT2D eigenvalue weighted by atomic mass is 9.85. The topological polar surface area (TPSA) is 150 Å². The molecule has 1 aromatic carbocycles. The Morgan fingerprint density at radius 1 is 0.962 bits per heavy atom. The van der Waals surface area contributed by atoms with Gasteiger partial charge in [0.15, 0.2) is 5.65 Å². The maximum absolute atomic E-state index is 13.6. The van der Waals surface area contributed by atoms with Crippen molar-refractivity contribution in [3.63, 3.8) is 0 Å². The zero-order valence-electron chi connectivity index (χ0n) is 31.2. The fraction of sp³-hybridized carbons (Fsp3) is 0.513. The Kier molecular flexibility index (Phi) is 11.3. The van der Waals surface area contributed by atoms with Crippen molar-refractivity contribution in [1.82, 2.24) is 39.9 Å². The molecule has 2 amide bonds. The third kappa shape index (κ3) is 9.17. The summed E-state index contributed by atoms with van der Waals surface area (Å²) in [6.45, 7) is 13.0. The first kappa shape index (κ1) is 36.4. The molecule has 4 aromatic rings. The van der Waals surface area contributed by atoms with Crippen LogP contribution in [0.2, 0.25) is 0 Å². The van der Waals surface area contributed by atoms with Crippen LogP contribution in [-0.4, -0.2) is 87.0 Å². The van der Waals surface area contributed by atoms with Crippen molar-refractivity contribution in [3.8, 4) is 5.75 Å². The Labute approximate surface area is 311 Å². The summed E-state index contributed by atoms with van der Waals surface area (Å²) in [5.74, 6) is 2.02. The summed E-state index contributed by atoms with van der Waals surface area (Å²) in [7, 11) is 0. The molecule has 0 unspecified atom stereocenters. The lowest BCUT2D eigenvalue weighted by Crippen LogP contribution is -2.41. The second kappa shape index (κ2) is 16.4. The molecular weight excluding hydrogens is 671 g/mol. The van der Waals surface area contributed by atoms with Crippen LogP contribution < -0.4 is 25.6 Å². The van der Waals surface area contributed by atoms with E-state index in [1.807, 2.05) is 66.5 Å². The number of aromatic nitrogens is 5. The second-order valence-electron chi connectivity index (χ2n) is 15.3. The largest absolute Gasteiger partial charge is 0.484 e. The number of hydrogen-bond donors (Lipinski definition) is 4. The van der Waals surface area contributed by atoms with E-state index in [1.165, 1.54) is 6.42 Å². The molecule has 5 heterocycles. The molecule has 7 rings (SSSR count). The first-order valence-electron chi connectivity index (χ1n) is 19.0. The van der Waals surface area contributed by atoms with Gasteiger partial charge in [0.25, 0.3) is 0 Å². The van der Waals surface area contributed by atoms with E-state index in [-0.39, 0.29) is 18.2 Å². The number of nitrogens with one attached hydrogen (secondary N) is 4. The number of hydrogen-bond acceptors (Lipinski definition) is 10. The summed E-state index contributed by atoms with van der Waals surface area (Å²) in [6, 6.07) is 11.5. The number of pyridine rings is 1. The van der Waals surface area contributed by atoms with Crippen LogP contribution in [-0.2, 0) is 11.3 Å².